The van der Waals surface area contributed by atoms with Gasteiger partial charge in [-0.1, -0.05) is 46.0 Å². The lowest BCUT2D eigenvalue weighted by Crippen LogP contribution is -2.36. The van der Waals surface area contributed by atoms with E-state index >= 15 is 0 Å². The molecule has 1 fully saturated rings. The molecule has 1 aliphatic rings. The van der Waals surface area contributed by atoms with Gasteiger partial charge in [-0.15, -0.1) is 0 Å². The van der Waals surface area contributed by atoms with E-state index in [0.717, 1.165) is 38.3 Å². The summed E-state index contributed by atoms with van der Waals surface area (Å²) in [7, 11) is 0. The van der Waals surface area contributed by atoms with Crippen LogP contribution in [0, 0.1) is 11.8 Å². The highest BCUT2D eigenvalue weighted by atomic mass is 16.2. The first-order chi connectivity index (χ1) is 9.13. The van der Waals surface area contributed by atoms with Gasteiger partial charge in [-0.05, 0) is 31.2 Å². The van der Waals surface area contributed by atoms with Crippen molar-refractivity contribution in [2.24, 2.45) is 17.6 Å². The second kappa shape index (κ2) is 9.35. The maximum Gasteiger partial charge on any atom is 0.222 e. The molecule has 2 N–H and O–H groups in total. The van der Waals surface area contributed by atoms with Crippen LogP contribution in [0.15, 0.2) is 0 Å². The van der Waals surface area contributed by atoms with Gasteiger partial charge in [0.25, 0.3) is 0 Å². The number of carbonyl (C=O) groups is 1. The molecule has 19 heavy (non-hydrogen) atoms. The van der Waals surface area contributed by atoms with Crippen molar-refractivity contribution in [2.75, 3.05) is 19.6 Å². The van der Waals surface area contributed by atoms with Crippen LogP contribution in [0.2, 0.25) is 0 Å². The summed E-state index contributed by atoms with van der Waals surface area (Å²) in [6, 6.07) is 0. The van der Waals surface area contributed by atoms with E-state index in [1.807, 2.05) is 4.90 Å². The van der Waals surface area contributed by atoms with Gasteiger partial charge in [0, 0.05) is 19.5 Å². The summed E-state index contributed by atoms with van der Waals surface area (Å²) in [5, 5.41) is 0. The highest BCUT2D eigenvalue weighted by Crippen LogP contribution is 2.27. The van der Waals surface area contributed by atoms with Gasteiger partial charge >= 0.3 is 0 Å². The standard InChI is InChI=1S/C16H32N2O/c1-14(2)13-18(12-6-11-17)16(19)10-9-15-7-4-3-5-8-15/h14-15H,3-13,17H2,1-2H3. The fourth-order valence-corrected chi connectivity index (χ4v) is 3.00. The number of hydrogen-bond donors (Lipinski definition) is 1. The first-order valence-electron chi connectivity index (χ1n) is 8.11. The van der Waals surface area contributed by atoms with Crippen molar-refractivity contribution < 1.29 is 4.79 Å². The predicted octanol–water partition coefficient (Wildman–Crippen LogP) is 3.18. The average Bonchev–Trinajstić information content (AvgIpc) is 2.41. The summed E-state index contributed by atoms with van der Waals surface area (Å²) >= 11 is 0. The maximum absolute atomic E-state index is 12.3. The van der Waals surface area contributed by atoms with Gasteiger partial charge in [0.2, 0.25) is 5.91 Å². The van der Waals surface area contributed by atoms with Gasteiger partial charge in [0.15, 0.2) is 0 Å². The molecule has 0 aromatic heterocycles. The van der Waals surface area contributed by atoms with Gasteiger partial charge in [0.1, 0.15) is 0 Å². The van der Waals surface area contributed by atoms with Gasteiger partial charge in [-0.3, -0.25) is 4.79 Å². The molecule has 0 spiro atoms. The Morgan fingerprint density at radius 2 is 1.95 bits per heavy atom. The van der Waals surface area contributed by atoms with Crippen molar-refractivity contribution in [2.45, 2.75) is 65.2 Å². The Bertz CT molecular complexity index is 247. The highest BCUT2D eigenvalue weighted by molar-refractivity contribution is 5.76. The van der Waals surface area contributed by atoms with E-state index in [-0.39, 0.29) is 0 Å². The Morgan fingerprint density at radius 3 is 2.53 bits per heavy atom. The third-order valence-electron chi connectivity index (χ3n) is 4.06. The molecule has 0 aromatic carbocycles. The number of nitrogens with two attached hydrogens (primary N) is 1. The normalized spacial score (nSPS) is 16.8. The summed E-state index contributed by atoms with van der Waals surface area (Å²) in [5.41, 5.74) is 5.56. The number of nitrogens with zero attached hydrogens (tertiary/aromatic N) is 1. The monoisotopic (exact) mass is 268 g/mol. The van der Waals surface area contributed by atoms with Gasteiger partial charge < -0.3 is 10.6 Å². The van der Waals surface area contributed by atoms with Crippen molar-refractivity contribution in [3.63, 3.8) is 0 Å². The molecule has 0 aliphatic heterocycles. The first-order valence-corrected chi connectivity index (χ1v) is 8.11. The molecule has 0 bridgehead atoms. The number of carbonyl (C=O) groups excluding carboxylic acids is 1. The molecule has 0 unspecified atom stereocenters. The summed E-state index contributed by atoms with van der Waals surface area (Å²) in [5.74, 6) is 1.68. The van der Waals surface area contributed by atoms with Gasteiger partial charge in [-0.2, -0.15) is 0 Å². The molecule has 1 amide bonds. The third kappa shape index (κ3) is 6.95. The largest absolute Gasteiger partial charge is 0.342 e. The van der Waals surface area contributed by atoms with Crippen LogP contribution in [0.1, 0.15) is 65.2 Å². The minimum atomic E-state index is 0.340. The zero-order valence-corrected chi connectivity index (χ0v) is 12.9. The molecule has 1 saturated carbocycles. The van der Waals surface area contributed by atoms with Crippen LogP contribution >= 0.6 is 0 Å². The van der Waals surface area contributed by atoms with E-state index in [4.69, 9.17) is 5.73 Å². The van der Waals surface area contributed by atoms with Crippen molar-refractivity contribution >= 4 is 5.91 Å². The minimum absolute atomic E-state index is 0.340. The SMILES string of the molecule is CC(C)CN(CCCN)C(=O)CCC1CCCCC1. The molecule has 3 heteroatoms. The lowest BCUT2D eigenvalue weighted by Gasteiger charge is -2.26. The third-order valence-corrected chi connectivity index (χ3v) is 4.06. The van der Waals surface area contributed by atoms with Gasteiger partial charge in [0.05, 0.1) is 0 Å². The summed E-state index contributed by atoms with van der Waals surface area (Å²) in [6.45, 7) is 6.72. The van der Waals surface area contributed by atoms with Crippen LogP contribution < -0.4 is 5.73 Å². The summed E-state index contributed by atoms with van der Waals surface area (Å²) < 4.78 is 0. The van der Waals surface area contributed by atoms with E-state index in [1.165, 1.54) is 32.1 Å². The van der Waals surface area contributed by atoms with E-state index < -0.39 is 0 Å². The van der Waals surface area contributed by atoms with Crippen LogP contribution in [-0.2, 0) is 4.79 Å². The van der Waals surface area contributed by atoms with E-state index in [1.54, 1.807) is 0 Å². The smallest absolute Gasteiger partial charge is 0.222 e. The van der Waals surface area contributed by atoms with E-state index in [9.17, 15) is 4.79 Å². The Kier molecular flexibility index (Phi) is 8.11. The van der Waals surface area contributed by atoms with Gasteiger partial charge in [-0.25, -0.2) is 0 Å². The summed E-state index contributed by atoms with van der Waals surface area (Å²) in [4.78, 5) is 14.3. The molecule has 0 saturated heterocycles. The van der Waals surface area contributed by atoms with Crippen molar-refractivity contribution in [3.05, 3.63) is 0 Å². The maximum atomic E-state index is 12.3. The molecular weight excluding hydrogens is 236 g/mol. The molecule has 0 heterocycles. The topological polar surface area (TPSA) is 46.3 Å². The van der Waals surface area contributed by atoms with Crippen LogP contribution in [0.4, 0.5) is 0 Å². The quantitative estimate of drug-likeness (QED) is 0.735. The van der Waals surface area contributed by atoms with Crippen molar-refractivity contribution in [3.8, 4) is 0 Å². The van der Waals surface area contributed by atoms with Crippen LogP contribution in [0.25, 0.3) is 0 Å². The average molecular weight is 268 g/mol. The zero-order chi connectivity index (χ0) is 14.1. The zero-order valence-electron chi connectivity index (χ0n) is 12.9. The molecule has 0 aromatic rings. The highest BCUT2D eigenvalue weighted by Gasteiger charge is 2.18. The molecule has 3 nitrogen and oxygen atoms in total. The first kappa shape index (κ1) is 16.5. The number of amides is 1. The second-order valence-electron chi connectivity index (χ2n) is 6.42. The Balaban J connectivity index is 2.32. The Hall–Kier alpha value is -0.570. The van der Waals surface area contributed by atoms with Crippen molar-refractivity contribution in [1.82, 2.24) is 4.90 Å². The van der Waals surface area contributed by atoms with E-state index in [0.29, 0.717) is 18.4 Å². The van der Waals surface area contributed by atoms with E-state index in [2.05, 4.69) is 13.8 Å². The van der Waals surface area contributed by atoms with Crippen LogP contribution in [0.5, 0.6) is 0 Å². The molecular formula is C16H32N2O. The molecule has 0 atom stereocenters. The number of hydrogen-bond acceptors (Lipinski definition) is 2. The molecule has 0 radical (unpaired) electrons. The predicted molar refractivity (Wildman–Crippen MR) is 80.9 cm³/mol. The molecule has 1 rings (SSSR count). The Labute approximate surface area is 118 Å². The lowest BCUT2D eigenvalue weighted by atomic mass is 9.86. The number of rotatable bonds is 8. The van der Waals surface area contributed by atoms with Crippen molar-refractivity contribution in [1.29, 1.82) is 0 Å². The lowest BCUT2D eigenvalue weighted by molar-refractivity contribution is -0.132. The van der Waals surface area contributed by atoms with Crippen LogP contribution in [0.3, 0.4) is 0 Å². The molecule has 1 aliphatic carbocycles. The minimum Gasteiger partial charge on any atom is -0.342 e. The fourth-order valence-electron chi connectivity index (χ4n) is 3.00. The van der Waals surface area contributed by atoms with Crippen LogP contribution in [-0.4, -0.2) is 30.4 Å². The summed E-state index contributed by atoms with van der Waals surface area (Å²) in [6.07, 6.45) is 9.53. The molecule has 112 valence electrons. The Morgan fingerprint density at radius 1 is 1.26 bits per heavy atom. The fraction of sp³-hybridized carbons (Fsp3) is 0.938. The second-order valence-corrected chi connectivity index (χ2v) is 6.42.